The van der Waals surface area contributed by atoms with Gasteiger partial charge in [-0.25, -0.2) is 5.43 Å². The third-order valence-corrected chi connectivity index (χ3v) is 5.28. The van der Waals surface area contributed by atoms with E-state index in [0.717, 1.165) is 6.42 Å². The summed E-state index contributed by atoms with van der Waals surface area (Å²) in [6.45, 7) is 4.59. The van der Waals surface area contributed by atoms with Crippen LogP contribution in [0.1, 0.15) is 36.2 Å². The second-order valence-electron chi connectivity index (χ2n) is 7.88. The van der Waals surface area contributed by atoms with E-state index in [4.69, 9.17) is 30.5 Å². The number of para-hydroxylation sites is 1. The standard InChI is InChI=1S/C28H30ClN3O6/c1-4-13-37-23-12-11-20(16-24(23)36-5-2)28(34)32-30-17-19-14-22(29)27(25(15-19)35-3)38-18-26(33)31-21-9-7-6-8-10-21/h6-12,14-17H,4-5,13,18H2,1-3H3,(H,31,33)(H,32,34)/b30-17+. The average molecular weight is 540 g/mol. The lowest BCUT2D eigenvalue weighted by Gasteiger charge is -2.13. The zero-order valence-corrected chi connectivity index (χ0v) is 22.2. The van der Waals surface area contributed by atoms with E-state index >= 15 is 0 Å². The molecular formula is C28H30ClN3O6. The van der Waals surface area contributed by atoms with Gasteiger partial charge in [-0.15, -0.1) is 0 Å². The predicted molar refractivity (Wildman–Crippen MR) is 147 cm³/mol. The molecule has 200 valence electrons. The maximum absolute atomic E-state index is 12.6. The minimum atomic E-state index is -0.424. The second kappa shape index (κ2) is 14.5. The molecular weight excluding hydrogens is 510 g/mol. The summed E-state index contributed by atoms with van der Waals surface area (Å²) in [4.78, 5) is 24.8. The molecule has 0 aliphatic heterocycles. The number of hydrazone groups is 1. The monoisotopic (exact) mass is 539 g/mol. The summed E-state index contributed by atoms with van der Waals surface area (Å²) in [5.74, 6) is 0.818. The molecule has 0 aliphatic rings. The molecule has 10 heteroatoms. The van der Waals surface area contributed by atoms with Crippen molar-refractivity contribution in [2.45, 2.75) is 20.3 Å². The van der Waals surface area contributed by atoms with Crippen LogP contribution in [0.15, 0.2) is 65.8 Å². The van der Waals surface area contributed by atoms with Crippen LogP contribution in [0, 0.1) is 0 Å². The van der Waals surface area contributed by atoms with E-state index in [9.17, 15) is 9.59 Å². The Kier molecular flexibility index (Phi) is 10.8. The number of amides is 2. The molecule has 3 aromatic carbocycles. The lowest BCUT2D eigenvalue weighted by molar-refractivity contribution is -0.118. The summed E-state index contributed by atoms with van der Waals surface area (Å²) < 4.78 is 22.3. The van der Waals surface area contributed by atoms with E-state index in [1.54, 1.807) is 42.5 Å². The van der Waals surface area contributed by atoms with Gasteiger partial charge in [0.2, 0.25) is 0 Å². The van der Waals surface area contributed by atoms with Gasteiger partial charge in [0.25, 0.3) is 11.8 Å². The van der Waals surface area contributed by atoms with Gasteiger partial charge in [-0.2, -0.15) is 5.10 Å². The smallest absolute Gasteiger partial charge is 0.271 e. The van der Waals surface area contributed by atoms with Gasteiger partial charge in [0.15, 0.2) is 29.6 Å². The van der Waals surface area contributed by atoms with Gasteiger partial charge in [-0.1, -0.05) is 36.7 Å². The fourth-order valence-corrected chi connectivity index (χ4v) is 3.56. The fraction of sp³-hybridized carbons (Fsp3) is 0.250. The summed E-state index contributed by atoms with van der Waals surface area (Å²) in [6.07, 6.45) is 2.27. The van der Waals surface area contributed by atoms with Gasteiger partial charge in [0.05, 0.1) is 31.6 Å². The molecule has 3 aromatic rings. The van der Waals surface area contributed by atoms with Crippen molar-refractivity contribution in [1.82, 2.24) is 5.43 Å². The Labute approximate surface area is 226 Å². The maximum Gasteiger partial charge on any atom is 0.271 e. The first-order valence-corrected chi connectivity index (χ1v) is 12.4. The van der Waals surface area contributed by atoms with Gasteiger partial charge in [0, 0.05) is 11.3 Å². The van der Waals surface area contributed by atoms with Gasteiger partial charge >= 0.3 is 0 Å². The molecule has 0 aliphatic carbocycles. The summed E-state index contributed by atoms with van der Waals surface area (Å²) >= 11 is 6.38. The largest absolute Gasteiger partial charge is 0.493 e. The number of nitrogens with zero attached hydrogens (tertiary/aromatic N) is 1. The molecule has 2 amide bonds. The van der Waals surface area contributed by atoms with Gasteiger partial charge < -0.3 is 24.3 Å². The number of nitrogens with one attached hydrogen (secondary N) is 2. The number of rotatable bonds is 13. The number of hydrogen-bond acceptors (Lipinski definition) is 7. The van der Waals surface area contributed by atoms with Crippen molar-refractivity contribution in [3.8, 4) is 23.0 Å². The van der Waals surface area contributed by atoms with Crippen molar-refractivity contribution in [3.63, 3.8) is 0 Å². The molecule has 38 heavy (non-hydrogen) atoms. The minimum absolute atomic E-state index is 0.215. The normalized spacial score (nSPS) is 10.6. The van der Waals surface area contributed by atoms with Gasteiger partial charge in [0.1, 0.15) is 0 Å². The zero-order chi connectivity index (χ0) is 27.3. The quantitative estimate of drug-likeness (QED) is 0.225. The van der Waals surface area contributed by atoms with Gasteiger partial charge in [-0.05, 0) is 61.4 Å². The van der Waals surface area contributed by atoms with Crippen LogP contribution in [0.2, 0.25) is 5.02 Å². The number of methoxy groups -OCH3 is 1. The SMILES string of the molecule is CCCOc1ccc(C(=O)N/N=C/c2cc(Cl)c(OCC(=O)Nc3ccccc3)c(OC)c2)cc1OCC. The molecule has 9 nitrogen and oxygen atoms in total. The first-order chi connectivity index (χ1) is 18.4. The maximum atomic E-state index is 12.6. The molecule has 0 bridgehead atoms. The van der Waals surface area contributed by atoms with Crippen LogP contribution >= 0.6 is 11.6 Å². The Morgan fingerprint density at radius 2 is 1.74 bits per heavy atom. The van der Waals surface area contributed by atoms with E-state index in [1.165, 1.54) is 13.3 Å². The topological polar surface area (TPSA) is 107 Å². The highest BCUT2D eigenvalue weighted by Crippen LogP contribution is 2.36. The molecule has 0 spiro atoms. The number of carbonyl (C=O) groups excluding carboxylic acids is 2. The molecule has 0 radical (unpaired) electrons. The number of anilines is 1. The van der Waals surface area contributed by atoms with Crippen molar-refractivity contribution in [1.29, 1.82) is 0 Å². The number of carbonyl (C=O) groups is 2. The molecule has 2 N–H and O–H groups in total. The van der Waals surface area contributed by atoms with Crippen molar-refractivity contribution in [2.75, 3.05) is 32.2 Å². The Morgan fingerprint density at radius 3 is 2.45 bits per heavy atom. The van der Waals surface area contributed by atoms with E-state index < -0.39 is 5.91 Å². The summed E-state index contributed by atoms with van der Waals surface area (Å²) in [5, 5.41) is 6.96. The highest BCUT2D eigenvalue weighted by atomic mass is 35.5. The molecule has 3 rings (SSSR count). The lowest BCUT2D eigenvalue weighted by Crippen LogP contribution is -2.20. The van der Waals surface area contributed by atoms with Crippen molar-refractivity contribution >= 4 is 35.3 Å². The molecule has 0 fully saturated rings. The molecule has 0 saturated carbocycles. The second-order valence-corrected chi connectivity index (χ2v) is 8.29. The Balaban J connectivity index is 1.63. The number of benzene rings is 3. The van der Waals surface area contributed by atoms with E-state index in [0.29, 0.717) is 47.3 Å². The molecule has 0 unspecified atom stereocenters. The third kappa shape index (κ3) is 8.14. The summed E-state index contributed by atoms with van der Waals surface area (Å²) in [5.41, 5.74) is 4.05. The molecule has 0 saturated heterocycles. The van der Waals surface area contributed by atoms with Crippen molar-refractivity contribution in [3.05, 3.63) is 76.8 Å². The van der Waals surface area contributed by atoms with Crippen LogP contribution in [0.5, 0.6) is 23.0 Å². The number of ether oxygens (including phenoxy) is 4. The molecule has 0 aromatic heterocycles. The van der Waals surface area contributed by atoms with E-state index in [1.807, 2.05) is 32.0 Å². The molecule has 0 atom stereocenters. The summed E-state index contributed by atoms with van der Waals surface area (Å²) in [6, 6.07) is 17.2. The van der Waals surface area contributed by atoms with Crippen LogP contribution in [0.3, 0.4) is 0 Å². The van der Waals surface area contributed by atoms with Crippen LogP contribution in [0.4, 0.5) is 5.69 Å². The van der Waals surface area contributed by atoms with E-state index in [-0.39, 0.29) is 23.3 Å². The summed E-state index contributed by atoms with van der Waals surface area (Å²) in [7, 11) is 1.45. The third-order valence-electron chi connectivity index (χ3n) is 5.00. The lowest BCUT2D eigenvalue weighted by atomic mass is 10.2. The number of hydrogen-bond donors (Lipinski definition) is 2. The number of halogens is 1. The first-order valence-electron chi connectivity index (χ1n) is 12.0. The zero-order valence-electron chi connectivity index (χ0n) is 21.5. The highest BCUT2D eigenvalue weighted by Gasteiger charge is 2.15. The first kappa shape index (κ1) is 28.3. The van der Waals surface area contributed by atoms with Crippen molar-refractivity contribution < 1.29 is 28.5 Å². The van der Waals surface area contributed by atoms with Crippen LogP contribution < -0.4 is 29.7 Å². The Hall–Kier alpha value is -4.24. The predicted octanol–water partition coefficient (Wildman–Crippen LogP) is 5.32. The molecule has 0 heterocycles. The van der Waals surface area contributed by atoms with Crippen LogP contribution in [0.25, 0.3) is 0 Å². The van der Waals surface area contributed by atoms with Crippen LogP contribution in [-0.2, 0) is 4.79 Å². The Bertz CT molecular complexity index is 1270. The van der Waals surface area contributed by atoms with E-state index in [2.05, 4.69) is 15.8 Å². The minimum Gasteiger partial charge on any atom is -0.493 e. The van der Waals surface area contributed by atoms with Crippen molar-refractivity contribution in [2.24, 2.45) is 5.10 Å². The average Bonchev–Trinajstić information content (AvgIpc) is 2.92. The van der Waals surface area contributed by atoms with Crippen LogP contribution in [-0.4, -0.2) is 45.0 Å². The Morgan fingerprint density at radius 1 is 0.947 bits per heavy atom. The fourth-order valence-electron chi connectivity index (χ4n) is 3.29. The van der Waals surface area contributed by atoms with Gasteiger partial charge in [-0.3, -0.25) is 9.59 Å². The highest BCUT2D eigenvalue weighted by molar-refractivity contribution is 6.32.